The minimum absolute atomic E-state index is 0.665. The summed E-state index contributed by atoms with van der Waals surface area (Å²) in [7, 11) is 0. The Balaban J connectivity index is 1.68. The highest BCUT2D eigenvalue weighted by molar-refractivity contribution is 7.07. The Morgan fingerprint density at radius 3 is 2.89 bits per heavy atom. The summed E-state index contributed by atoms with van der Waals surface area (Å²) in [5, 5.41) is 8.26. The van der Waals surface area contributed by atoms with Gasteiger partial charge in [0.15, 0.2) is 0 Å². The second-order valence-corrected chi connectivity index (χ2v) is 7.00. The van der Waals surface area contributed by atoms with Crippen molar-refractivity contribution in [2.45, 2.75) is 45.3 Å². The molecule has 18 heavy (non-hydrogen) atoms. The van der Waals surface area contributed by atoms with Gasteiger partial charge in [-0.1, -0.05) is 13.8 Å². The van der Waals surface area contributed by atoms with E-state index in [1.807, 2.05) is 11.3 Å². The monoisotopic (exact) mass is 264 g/mol. The quantitative estimate of drug-likeness (QED) is 0.899. The molecule has 1 aliphatic carbocycles. The number of rotatable bonds is 4. The topological polar surface area (TPSA) is 15.3 Å². The fraction of sp³-hybridized carbons (Fsp3) is 0.733. The zero-order valence-corrected chi connectivity index (χ0v) is 12.2. The Morgan fingerprint density at radius 2 is 2.28 bits per heavy atom. The molecule has 2 atom stereocenters. The highest BCUT2D eigenvalue weighted by Gasteiger charge is 2.39. The van der Waals surface area contributed by atoms with Gasteiger partial charge in [-0.25, -0.2) is 0 Å². The van der Waals surface area contributed by atoms with Crippen LogP contribution < -0.4 is 5.32 Å². The van der Waals surface area contributed by atoms with E-state index >= 15 is 0 Å². The Morgan fingerprint density at radius 1 is 1.44 bits per heavy atom. The van der Waals surface area contributed by atoms with Crippen LogP contribution in [-0.4, -0.2) is 30.1 Å². The van der Waals surface area contributed by atoms with Crippen molar-refractivity contribution >= 4 is 11.3 Å². The summed E-state index contributed by atoms with van der Waals surface area (Å²) < 4.78 is 0. The second kappa shape index (κ2) is 5.32. The highest BCUT2D eigenvalue weighted by atomic mass is 32.1. The number of thiophene rings is 1. The van der Waals surface area contributed by atoms with E-state index in [4.69, 9.17) is 0 Å². The molecule has 1 aromatic rings. The van der Waals surface area contributed by atoms with Gasteiger partial charge in [0.2, 0.25) is 0 Å². The molecule has 100 valence electrons. The van der Waals surface area contributed by atoms with Crippen molar-refractivity contribution in [2.75, 3.05) is 13.1 Å². The van der Waals surface area contributed by atoms with Gasteiger partial charge in [-0.2, -0.15) is 11.3 Å². The van der Waals surface area contributed by atoms with E-state index in [2.05, 4.69) is 40.9 Å². The SMILES string of the molecule is CC(C)C1CN(Cc2ccsc2)C(C2CC2)CN1. The maximum Gasteiger partial charge on any atom is 0.0253 e. The zero-order chi connectivity index (χ0) is 12.5. The molecule has 2 aliphatic rings. The number of hydrogen-bond donors (Lipinski definition) is 1. The van der Waals surface area contributed by atoms with Crippen molar-refractivity contribution in [1.29, 1.82) is 0 Å². The third-order valence-electron chi connectivity index (χ3n) is 4.43. The first-order chi connectivity index (χ1) is 8.74. The second-order valence-electron chi connectivity index (χ2n) is 6.22. The molecule has 1 saturated carbocycles. The van der Waals surface area contributed by atoms with Crippen LogP contribution >= 0.6 is 11.3 Å². The molecule has 0 radical (unpaired) electrons. The number of nitrogens with zero attached hydrogens (tertiary/aromatic N) is 1. The average Bonchev–Trinajstić information content (AvgIpc) is 3.07. The number of piperazine rings is 1. The van der Waals surface area contributed by atoms with Crippen LogP contribution in [0.2, 0.25) is 0 Å². The predicted molar refractivity (Wildman–Crippen MR) is 77.9 cm³/mol. The van der Waals surface area contributed by atoms with Gasteiger partial charge in [0, 0.05) is 31.7 Å². The van der Waals surface area contributed by atoms with Crippen molar-refractivity contribution in [1.82, 2.24) is 10.2 Å². The third-order valence-corrected chi connectivity index (χ3v) is 5.16. The Bertz CT molecular complexity index is 370. The van der Waals surface area contributed by atoms with E-state index < -0.39 is 0 Å². The highest BCUT2D eigenvalue weighted by Crippen LogP contribution is 2.37. The molecule has 2 heterocycles. The van der Waals surface area contributed by atoms with Gasteiger partial charge in [0.05, 0.1) is 0 Å². The number of hydrogen-bond acceptors (Lipinski definition) is 3. The molecule has 1 N–H and O–H groups in total. The summed E-state index contributed by atoms with van der Waals surface area (Å²) in [6.07, 6.45) is 2.89. The van der Waals surface area contributed by atoms with Gasteiger partial charge < -0.3 is 5.32 Å². The van der Waals surface area contributed by atoms with Crippen molar-refractivity contribution in [3.8, 4) is 0 Å². The lowest BCUT2D eigenvalue weighted by atomic mass is 9.97. The normalized spacial score (nSPS) is 29.9. The molecule has 0 spiro atoms. The Kier molecular flexibility index (Phi) is 3.73. The van der Waals surface area contributed by atoms with E-state index in [1.165, 1.54) is 31.5 Å². The summed E-state index contributed by atoms with van der Waals surface area (Å²) in [6.45, 7) is 8.22. The summed E-state index contributed by atoms with van der Waals surface area (Å²) in [4.78, 5) is 2.74. The molecule has 0 amide bonds. The van der Waals surface area contributed by atoms with E-state index in [1.54, 1.807) is 0 Å². The van der Waals surface area contributed by atoms with E-state index in [0.717, 1.165) is 24.4 Å². The maximum atomic E-state index is 3.76. The zero-order valence-electron chi connectivity index (χ0n) is 11.4. The van der Waals surface area contributed by atoms with Crippen molar-refractivity contribution < 1.29 is 0 Å². The molecule has 2 nitrogen and oxygen atoms in total. The standard InChI is InChI=1S/C15H24N2S/c1-11(2)14-9-17(8-12-5-6-18-10-12)15(7-16-14)13-3-4-13/h5-6,10-11,13-16H,3-4,7-9H2,1-2H3. The van der Waals surface area contributed by atoms with Crippen molar-refractivity contribution in [2.24, 2.45) is 11.8 Å². The summed E-state index contributed by atoms with van der Waals surface area (Å²) in [5.74, 6) is 1.69. The summed E-state index contributed by atoms with van der Waals surface area (Å²) >= 11 is 1.82. The lowest BCUT2D eigenvalue weighted by Gasteiger charge is -2.42. The van der Waals surface area contributed by atoms with Crippen LogP contribution in [0, 0.1) is 11.8 Å². The molecule has 2 fully saturated rings. The lowest BCUT2D eigenvalue weighted by Crippen LogP contribution is -2.58. The molecule has 0 aromatic carbocycles. The molecule has 1 aromatic heterocycles. The molecular formula is C15H24N2S. The van der Waals surface area contributed by atoms with Gasteiger partial charge in [-0.3, -0.25) is 4.90 Å². The van der Waals surface area contributed by atoms with Gasteiger partial charge in [-0.15, -0.1) is 0 Å². The van der Waals surface area contributed by atoms with Crippen LogP contribution in [0.25, 0.3) is 0 Å². The maximum absolute atomic E-state index is 3.76. The molecule has 1 aliphatic heterocycles. The molecular weight excluding hydrogens is 240 g/mol. The van der Waals surface area contributed by atoms with Gasteiger partial charge in [0.25, 0.3) is 0 Å². The first-order valence-electron chi connectivity index (χ1n) is 7.22. The largest absolute Gasteiger partial charge is 0.311 e. The third kappa shape index (κ3) is 2.79. The van der Waals surface area contributed by atoms with Gasteiger partial charge in [-0.05, 0) is 47.1 Å². The van der Waals surface area contributed by atoms with Crippen LogP contribution in [0.15, 0.2) is 16.8 Å². The van der Waals surface area contributed by atoms with Crippen molar-refractivity contribution in [3.63, 3.8) is 0 Å². The van der Waals surface area contributed by atoms with E-state index in [0.29, 0.717) is 6.04 Å². The van der Waals surface area contributed by atoms with E-state index in [-0.39, 0.29) is 0 Å². The molecule has 3 rings (SSSR count). The lowest BCUT2D eigenvalue weighted by molar-refractivity contribution is 0.0928. The predicted octanol–water partition coefficient (Wildman–Crippen LogP) is 2.96. The van der Waals surface area contributed by atoms with Crippen LogP contribution in [0.3, 0.4) is 0 Å². The Hall–Kier alpha value is -0.380. The van der Waals surface area contributed by atoms with Crippen LogP contribution in [-0.2, 0) is 6.54 Å². The fourth-order valence-electron chi connectivity index (χ4n) is 3.05. The Labute approximate surface area is 114 Å². The number of nitrogens with one attached hydrogen (secondary N) is 1. The minimum Gasteiger partial charge on any atom is -0.311 e. The summed E-state index contributed by atoms with van der Waals surface area (Å²) in [6, 6.07) is 3.72. The fourth-order valence-corrected chi connectivity index (χ4v) is 3.70. The molecule has 0 bridgehead atoms. The molecule has 1 saturated heterocycles. The molecule has 2 unspecified atom stereocenters. The first kappa shape index (κ1) is 12.6. The average molecular weight is 264 g/mol. The van der Waals surface area contributed by atoms with Crippen molar-refractivity contribution in [3.05, 3.63) is 22.4 Å². The van der Waals surface area contributed by atoms with E-state index in [9.17, 15) is 0 Å². The smallest absolute Gasteiger partial charge is 0.0253 e. The van der Waals surface area contributed by atoms with Crippen LogP contribution in [0.5, 0.6) is 0 Å². The summed E-state index contributed by atoms with van der Waals surface area (Å²) in [5.41, 5.74) is 1.50. The van der Waals surface area contributed by atoms with Gasteiger partial charge >= 0.3 is 0 Å². The van der Waals surface area contributed by atoms with Crippen LogP contribution in [0.4, 0.5) is 0 Å². The van der Waals surface area contributed by atoms with Gasteiger partial charge in [0.1, 0.15) is 0 Å². The minimum atomic E-state index is 0.665. The molecule has 3 heteroatoms. The first-order valence-corrected chi connectivity index (χ1v) is 8.17. The van der Waals surface area contributed by atoms with Crippen LogP contribution in [0.1, 0.15) is 32.3 Å².